The first-order chi connectivity index (χ1) is 8.60. The molecular weight excluding hydrogens is 229 g/mol. The Labute approximate surface area is 110 Å². The third kappa shape index (κ3) is 3.98. The van der Waals surface area contributed by atoms with Gasteiger partial charge < -0.3 is 10.1 Å². The van der Waals surface area contributed by atoms with Crippen molar-refractivity contribution in [3.63, 3.8) is 0 Å². The first-order valence-electron chi connectivity index (χ1n) is 6.68. The van der Waals surface area contributed by atoms with Gasteiger partial charge in [0.1, 0.15) is 11.6 Å². The topological polar surface area (TPSA) is 21.3 Å². The molecule has 0 saturated carbocycles. The zero-order valence-corrected chi connectivity index (χ0v) is 11.8. The van der Waals surface area contributed by atoms with E-state index in [1.807, 2.05) is 6.92 Å². The summed E-state index contributed by atoms with van der Waals surface area (Å²) in [6.07, 6.45) is 3.48. The molecule has 0 spiro atoms. The van der Waals surface area contributed by atoms with Gasteiger partial charge >= 0.3 is 0 Å². The monoisotopic (exact) mass is 253 g/mol. The SMILES string of the molecule is CCCCC(C)NC(C)c1c(F)cccc1OC. The van der Waals surface area contributed by atoms with Crippen LogP contribution in [0.25, 0.3) is 0 Å². The van der Waals surface area contributed by atoms with Gasteiger partial charge in [0.25, 0.3) is 0 Å². The van der Waals surface area contributed by atoms with Crippen LogP contribution in [0.1, 0.15) is 51.6 Å². The molecule has 1 aromatic carbocycles. The van der Waals surface area contributed by atoms with Gasteiger partial charge in [-0.15, -0.1) is 0 Å². The Morgan fingerprint density at radius 3 is 2.67 bits per heavy atom. The highest BCUT2D eigenvalue weighted by Crippen LogP contribution is 2.28. The molecule has 1 rings (SSSR count). The number of unbranched alkanes of at least 4 members (excludes halogenated alkanes) is 1. The van der Waals surface area contributed by atoms with Crippen LogP contribution in [0.5, 0.6) is 5.75 Å². The number of nitrogens with one attached hydrogen (secondary N) is 1. The van der Waals surface area contributed by atoms with Gasteiger partial charge in [0.05, 0.1) is 7.11 Å². The Morgan fingerprint density at radius 1 is 1.33 bits per heavy atom. The minimum Gasteiger partial charge on any atom is -0.496 e. The predicted molar refractivity (Wildman–Crippen MR) is 73.5 cm³/mol. The van der Waals surface area contributed by atoms with Crippen LogP contribution in [0.3, 0.4) is 0 Å². The maximum Gasteiger partial charge on any atom is 0.131 e. The summed E-state index contributed by atoms with van der Waals surface area (Å²) in [5.41, 5.74) is 0.614. The molecule has 2 atom stereocenters. The molecule has 2 unspecified atom stereocenters. The van der Waals surface area contributed by atoms with E-state index in [1.165, 1.54) is 18.9 Å². The van der Waals surface area contributed by atoms with Crippen LogP contribution in [-0.4, -0.2) is 13.2 Å². The second-order valence-corrected chi connectivity index (χ2v) is 4.79. The molecule has 1 aromatic rings. The maximum atomic E-state index is 13.9. The first-order valence-corrected chi connectivity index (χ1v) is 6.68. The van der Waals surface area contributed by atoms with E-state index >= 15 is 0 Å². The lowest BCUT2D eigenvalue weighted by Crippen LogP contribution is -2.29. The van der Waals surface area contributed by atoms with Crippen LogP contribution >= 0.6 is 0 Å². The first kappa shape index (κ1) is 15.0. The van der Waals surface area contributed by atoms with Crippen LogP contribution < -0.4 is 10.1 Å². The quantitative estimate of drug-likeness (QED) is 0.791. The van der Waals surface area contributed by atoms with Crippen LogP contribution in [0, 0.1) is 5.82 Å². The van der Waals surface area contributed by atoms with E-state index in [0.29, 0.717) is 17.4 Å². The molecule has 0 aliphatic carbocycles. The van der Waals surface area contributed by atoms with Crippen LogP contribution in [0.2, 0.25) is 0 Å². The van der Waals surface area contributed by atoms with E-state index in [1.54, 1.807) is 19.2 Å². The summed E-state index contributed by atoms with van der Waals surface area (Å²) in [4.78, 5) is 0. The summed E-state index contributed by atoms with van der Waals surface area (Å²) in [5, 5.41) is 3.43. The Hall–Kier alpha value is -1.09. The standard InChI is InChI=1S/C15H24FNO/c1-5-6-8-11(2)17-12(3)15-13(16)9-7-10-14(15)18-4/h7,9-12,17H,5-6,8H2,1-4H3. The lowest BCUT2D eigenvalue weighted by atomic mass is 10.0. The average molecular weight is 253 g/mol. The normalized spacial score (nSPS) is 14.3. The molecule has 0 saturated heterocycles. The third-order valence-corrected chi connectivity index (χ3v) is 3.19. The molecule has 0 aliphatic rings. The lowest BCUT2D eigenvalue weighted by Gasteiger charge is -2.22. The fourth-order valence-electron chi connectivity index (χ4n) is 2.22. The van der Waals surface area contributed by atoms with Crippen molar-refractivity contribution < 1.29 is 9.13 Å². The van der Waals surface area contributed by atoms with Gasteiger partial charge in [-0.1, -0.05) is 25.8 Å². The van der Waals surface area contributed by atoms with E-state index in [0.717, 1.165) is 6.42 Å². The van der Waals surface area contributed by atoms with Crippen molar-refractivity contribution in [3.8, 4) is 5.75 Å². The van der Waals surface area contributed by atoms with E-state index in [4.69, 9.17) is 4.74 Å². The summed E-state index contributed by atoms with van der Waals surface area (Å²) in [6.45, 7) is 6.29. The minimum atomic E-state index is -0.211. The molecule has 0 aromatic heterocycles. The number of hydrogen-bond acceptors (Lipinski definition) is 2. The van der Waals surface area contributed by atoms with Crippen LogP contribution in [0.4, 0.5) is 4.39 Å². The summed E-state index contributed by atoms with van der Waals surface area (Å²) in [7, 11) is 1.57. The summed E-state index contributed by atoms with van der Waals surface area (Å²) in [5.74, 6) is 0.398. The predicted octanol–water partition coefficient (Wildman–Crippen LogP) is 4.06. The van der Waals surface area contributed by atoms with Gasteiger partial charge in [0.15, 0.2) is 0 Å². The van der Waals surface area contributed by atoms with E-state index < -0.39 is 0 Å². The molecule has 3 heteroatoms. The highest BCUT2D eigenvalue weighted by Gasteiger charge is 2.17. The van der Waals surface area contributed by atoms with E-state index in [9.17, 15) is 4.39 Å². The molecular formula is C15H24FNO. The van der Waals surface area contributed by atoms with E-state index in [-0.39, 0.29) is 11.9 Å². The van der Waals surface area contributed by atoms with Crippen molar-refractivity contribution in [2.75, 3.05) is 7.11 Å². The maximum absolute atomic E-state index is 13.9. The summed E-state index contributed by atoms with van der Waals surface area (Å²) in [6, 6.07) is 5.28. The average Bonchev–Trinajstić information content (AvgIpc) is 2.35. The van der Waals surface area contributed by atoms with Crippen molar-refractivity contribution in [2.45, 2.75) is 52.1 Å². The zero-order valence-electron chi connectivity index (χ0n) is 11.8. The Balaban J connectivity index is 2.74. The number of halogens is 1. The van der Waals surface area contributed by atoms with Gasteiger partial charge in [0.2, 0.25) is 0 Å². The van der Waals surface area contributed by atoms with Crippen LogP contribution in [-0.2, 0) is 0 Å². The molecule has 0 radical (unpaired) electrons. The van der Waals surface area contributed by atoms with E-state index in [2.05, 4.69) is 19.2 Å². The largest absolute Gasteiger partial charge is 0.496 e. The highest BCUT2D eigenvalue weighted by atomic mass is 19.1. The molecule has 18 heavy (non-hydrogen) atoms. The number of rotatable bonds is 7. The van der Waals surface area contributed by atoms with Gasteiger partial charge in [-0.2, -0.15) is 0 Å². The van der Waals surface area contributed by atoms with Crippen molar-refractivity contribution in [2.24, 2.45) is 0 Å². The fourth-order valence-corrected chi connectivity index (χ4v) is 2.22. The molecule has 1 N–H and O–H groups in total. The molecule has 0 fully saturated rings. The molecule has 2 nitrogen and oxygen atoms in total. The summed E-state index contributed by atoms with van der Waals surface area (Å²) >= 11 is 0. The Morgan fingerprint density at radius 2 is 2.06 bits per heavy atom. The zero-order chi connectivity index (χ0) is 13.5. The van der Waals surface area contributed by atoms with Crippen molar-refractivity contribution in [1.82, 2.24) is 5.32 Å². The molecule has 102 valence electrons. The number of methoxy groups -OCH3 is 1. The fraction of sp³-hybridized carbons (Fsp3) is 0.600. The van der Waals surface area contributed by atoms with Gasteiger partial charge in [-0.05, 0) is 32.4 Å². The molecule has 0 amide bonds. The second-order valence-electron chi connectivity index (χ2n) is 4.79. The third-order valence-electron chi connectivity index (χ3n) is 3.19. The van der Waals surface area contributed by atoms with Gasteiger partial charge in [-0.3, -0.25) is 0 Å². The van der Waals surface area contributed by atoms with Crippen molar-refractivity contribution in [3.05, 3.63) is 29.6 Å². The van der Waals surface area contributed by atoms with Crippen LogP contribution in [0.15, 0.2) is 18.2 Å². The highest BCUT2D eigenvalue weighted by molar-refractivity contribution is 5.36. The number of benzene rings is 1. The molecule has 0 bridgehead atoms. The Bertz CT molecular complexity index is 368. The summed E-state index contributed by atoms with van der Waals surface area (Å²) < 4.78 is 19.1. The lowest BCUT2D eigenvalue weighted by molar-refractivity contribution is 0.381. The molecule has 0 heterocycles. The smallest absolute Gasteiger partial charge is 0.131 e. The minimum absolute atomic E-state index is 0.0481. The van der Waals surface area contributed by atoms with Gasteiger partial charge in [-0.25, -0.2) is 4.39 Å². The van der Waals surface area contributed by atoms with Gasteiger partial charge in [0, 0.05) is 17.6 Å². The van der Waals surface area contributed by atoms with Crippen molar-refractivity contribution >= 4 is 0 Å². The van der Waals surface area contributed by atoms with Crippen molar-refractivity contribution in [1.29, 1.82) is 0 Å². The number of hydrogen-bond donors (Lipinski definition) is 1. The second kappa shape index (κ2) is 7.37. The molecule has 0 aliphatic heterocycles. The number of ether oxygens (including phenoxy) is 1. The Kier molecular flexibility index (Phi) is 6.13.